The molecule has 0 bridgehead atoms. The van der Waals surface area contributed by atoms with Crippen LogP contribution in [0.25, 0.3) is 0 Å². The smallest absolute Gasteiger partial charge is 0.334 e. The predicted molar refractivity (Wildman–Crippen MR) is 112 cm³/mol. The fourth-order valence-electron chi connectivity index (χ4n) is 2.60. The molecule has 3 N–H and O–H groups in total. The number of anilines is 3. The zero-order valence-corrected chi connectivity index (χ0v) is 16.2. The molecule has 0 saturated heterocycles. The molecule has 12 nitrogen and oxygen atoms in total. The molecule has 0 aliphatic heterocycles. The summed E-state index contributed by atoms with van der Waals surface area (Å²) in [6.07, 6.45) is 1.02. The van der Waals surface area contributed by atoms with Gasteiger partial charge in [-0.2, -0.15) is 0 Å². The maximum absolute atomic E-state index is 12.2. The van der Waals surface area contributed by atoms with Crippen molar-refractivity contribution in [3.8, 4) is 0 Å². The molecule has 0 atom stereocenters. The third-order valence-corrected chi connectivity index (χ3v) is 4.15. The Balaban J connectivity index is 1.70. The number of hydrogen-bond acceptors (Lipinski definition) is 9. The summed E-state index contributed by atoms with van der Waals surface area (Å²) in [4.78, 5) is 41.0. The van der Waals surface area contributed by atoms with E-state index in [1.54, 1.807) is 12.1 Å². The number of nitro benzene ring substituents is 1. The van der Waals surface area contributed by atoms with Gasteiger partial charge in [-0.1, -0.05) is 29.8 Å². The average Bonchev–Trinajstić information content (AvgIpc) is 2.74. The molecule has 0 unspecified atom stereocenters. The van der Waals surface area contributed by atoms with Crippen LogP contribution in [0, 0.1) is 27.2 Å². The van der Waals surface area contributed by atoms with E-state index in [4.69, 9.17) is 0 Å². The van der Waals surface area contributed by atoms with Crippen molar-refractivity contribution in [3.05, 3.63) is 86.2 Å². The molecule has 2 aromatic carbocycles. The molecule has 0 aliphatic rings. The Morgan fingerprint density at radius 2 is 1.58 bits per heavy atom. The molecule has 12 heteroatoms. The number of nitro groups is 2. The number of rotatable bonds is 8. The van der Waals surface area contributed by atoms with E-state index in [1.807, 2.05) is 19.1 Å². The maximum atomic E-state index is 12.2. The highest BCUT2D eigenvalue weighted by atomic mass is 16.6. The zero-order chi connectivity index (χ0) is 22.4. The molecule has 0 fully saturated rings. The second kappa shape index (κ2) is 9.26. The van der Waals surface area contributed by atoms with Crippen LogP contribution in [-0.4, -0.2) is 25.7 Å². The molecular formula is C19H17N7O5. The molecule has 0 spiro atoms. The first-order valence-corrected chi connectivity index (χ1v) is 8.95. The van der Waals surface area contributed by atoms with Crippen molar-refractivity contribution in [1.29, 1.82) is 0 Å². The molecule has 3 rings (SSSR count). The minimum atomic E-state index is -0.665. The molecule has 1 aromatic heterocycles. The first-order chi connectivity index (χ1) is 14.8. The Bertz CT molecular complexity index is 1120. The Kier molecular flexibility index (Phi) is 6.30. The van der Waals surface area contributed by atoms with Crippen LogP contribution in [0.15, 0.2) is 54.9 Å². The highest BCUT2D eigenvalue weighted by molar-refractivity contribution is 5.81. The van der Waals surface area contributed by atoms with E-state index < -0.39 is 21.4 Å². The van der Waals surface area contributed by atoms with E-state index in [2.05, 4.69) is 26.1 Å². The van der Waals surface area contributed by atoms with Gasteiger partial charge in [0, 0.05) is 17.8 Å². The van der Waals surface area contributed by atoms with Crippen molar-refractivity contribution in [3.63, 3.8) is 0 Å². The summed E-state index contributed by atoms with van der Waals surface area (Å²) >= 11 is 0. The largest absolute Gasteiger partial charge is 0.355 e. The van der Waals surface area contributed by atoms with Gasteiger partial charge in [-0.25, -0.2) is 9.97 Å². The minimum absolute atomic E-state index is 0.0454. The Morgan fingerprint density at radius 3 is 2.19 bits per heavy atom. The van der Waals surface area contributed by atoms with Crippen molar-refractivity contribution in [1.82, 2.24) is 15.4 Å². The number of hydrogen-bond donors (Lipinski definition) is 3. The third kappa shape index (κ3) is 5.47. The monoisotopic (exact) mass is 423 g/mol. The van der Waals surface area contributed by atoms with E-state index in [9.17, 15) is 25.0 Å². The molecule has 31 heavy (non-hydrogen) atoms. The van der Waals surface area contributed by atoms with Crippen molar-refractivity contribution in [2.75, 3.05) is 10.7 Å². The topological polar surface area (TPSA) is 165 Å². The molecule has 0 radical (unpaired) electrons. The number of aryl methyl sites for hydroxylation is 1. The van der Waals surface area contributed by atoms with Gasteiger partial charge in [0.15, 0.2) is 0 Å². The molecule has 1 heterocycles. The first kappa shape index (κ1) is 21.1. The van der Waals surface area contributed by atoms with Crippen molar-refractivity contribution < 1.29 is 14.6 Å². The summed E-state index contributed by atoms with van der Waals surface area (Å²) in [6, 6.07) is 12.7. The van der Waals surface area contributed by atoms with Crippen molar-refractivity contribution in [2.45, 2.75) is 13.3 Å². The lowest BCUT2D eigenvalue weighted by Crippen LogP contribution is -2.31. The lowest BCUT2D eigenvalue weighted by Gasteiger charge is -2.11. The van der Waals surface area contributed by atoms with Crippen LogP contribution in [-0.2, 0) is 11.2 Å². The van der Waals surface area contributed by atoms with Crippen LogP contribution in [0.2, 0.25) is 0 Å². The summed E-state index contributed by atoms with van der Waals surface area (Å²) in [6.45, 7) is 1.91. The number of carbonyl (C=O) groups excluding carboxylic acids is 1. The Morgan fingerprint density at radius 1 is 0.935 bits per heavy atom. The highest BCUT2D eigenvalue weighted by Gasteiger charge is 2.23. The number of non-ortho nitro benzene ring substituents is 1. The minimum Gasteiger partial charge on any atom is -0.334 e. The van der Waals surface area contributed by atoms with E-state index >= 15 is 0 Å². The number of amides is 1. The second-order valence-corrected chi connectivity index (χ2v) is 6.44. The van der Waals surface area contributed by atoms with Crippen LogP contribution < -0.4 is 16.2 Å². The summed E-state index contributed by atoms with van der Waals surface area (Å²) in [5.41, 5.74) is 6.39. The molecule has 0 aliphatic carbocycles. The van der Waals surface area contributed by atoms with E-state index in [-0.39, 0.29) is 23.7 Å². The summed E-state index contributed by atoms with van der Waals surface area (Å²) in [5.74, 6) is -0.766. The number of nitrogens with one attached hydrogen (secondary N) is 3. The number of benzene rings is 2. The summed E-state index contributed by atoms with van der Waals surface area (Å²) in [5, 5.41) is 25.1. The lowest BCUT2D eigenvalue weighted by atomic mass is 10.1. The van der Waals surface area contributed by atoms with Gasteiger partial charge in [0.05, 0.1) is 16.3 Å². The number of nitrogens with zero attached hydrogens (tertiary/aromatic N) is 4. The van der Waals surface area contributed by atoms with Crippen LogP contribution >= 0.6 is 0 Å². The number of carbonyl (C=O) groups is 1. The Hall–Kier alpha value is -4.61. The van der Waals surface area contributed by atoms with E-state index in [0.29, 0.717) is 11.3 Å². The maximum Gasteiger partial charge on any atom is 0.355 e. The van der Waals surface area contributed by atoms with Gasteiger partial charge in [0.2, 0.25) is 17.5 Å². The standard InChI is InChI=1S/C19H17N7O5/c1-12-2-6-14(7-3-12)22-18-17(26(30)31)19(21-11-20-18)24-23-16(27)10-13-4-8-15(9-5-13)25(28)29/h2-9,11H,10H2,1H3,(H,23,27)(H2,20,21,22,24). The van der Waals surface area contributed by atoms with Gasteiger partial charge in [-0.15, -0.1) is 0 Å². The zero-order valence-electron chi connectivity index (χ0n) is 16.2. The van der Waals surface area contributed by atoms with Gasteiger partial charge in [0.25, 0.3) is 5.69 Å². The number of hydrazine groups is 1. The molecule has 1 amide bonds. The SMILES string of the molecule is Cc1ccc(Nc2ncnc(NNC(=O)Cc3ccc([N+](=O)[O-])cc3)c2[N+](=O)[O-])cc1. The average molecular weight is 423 g/mol. The normalized spacial score (nSPS) is 10.2. The molecular weight excluding hydrogens is 406 g/mol. The summed E-state index contributed by atoms with van der Waals surface area (Å²) in [7, 11) is 0. The fraction of sp³-hybridized carbons (Fsp3) is 0.105. The molecule has 0 saturated carbocycles. The van der Waals surface area contributed by atoms with E-state index in [0.717, 1.165) is 11.9 Å². The third-order valence-electron chi connectivity index (χ3n) is 4.15. The lowest BCUT2D eigenvalue weighted by molar-refractivity contribution is -0.384. The molecule has 3 aromatic rings. The van der Waals surface area contributed by atoms with Gasteiger partial charge < -0.3 is 5.32 Å². The van der Waals surface area contributed by atoms with Crippen LogP contribution in [0.5, 0.6) is 0 Å². The first-order valence-electron chi connectivity index (χ1n) is 8.95. The summed E-state index contributed by atoms with van der Waals surface area (Å²) < 4.78 is 0. The van der Waals surface area contributed by atoms with Crippen LogP contribution in [0.3, 0.4) is 0 Å². The van der Waals surface area contributed by atoms with Crippen LogP contribution in [0.4, 0.5) is 28.7 Å². The molecule has 158 valence electrons. The predicted octanol–water partition coefficient (Wildman–Crippen LogP) is 3.03. The highest BCUT2D eigenvalue weighted by Crippen LogP contribution is 2.30. The van der Waals surface area contributed by atoms with Gasteiger partial charge in [-0.3, -0.25) is 35.9 Å². The van der Waals surface area contributed by atoms with Gasteiger partial charge in [0.1, 0.15) is 6.33 Å². The Labute approximate surface area is 175 Å². The fourth-order valence-corrected chi connectivity index (χ4v) is 2.60. The van der Waals surface area contributed by atoms with Crippen molar-refractivity contribution >= 4 is 34.6 Å². The number of aromatic nitrogens is 2. The second-order valence-electron chi connectivity index (χ2n) is 6.44. The van der Waals surface area contributed by atoms with Gasteiger partial charge in [-0.05, 0) is 24.6 Å². The van der Waals surface area contributed by atoms with E-state index in [1.165, 1.54) is 24.3 Å². The van der Waals surface area contributed by atoms with Crippen LogP contribution in [0.1, 0.15) is 11.1 Å². The van der Waals surface area contributed by atoms with Gasteiger partial charge >= 0.3 is 5.69 Å². The quantitative estimate of drug-likeness (QED) is 0.364. The van der Waals surface area contributed by atoms with Crippen molar-refractivity contribution in [2.24, 2.45) is 0 Å².